The molecule has 150 valence electrons. The Morgan fingerprint density at radius 3 is 2.82 bits per heavy atom. The van der Waals surface area contributed by atoms with Crippen LogP contribution >= 0.6 is 0 Å². The predicted octanol–water partition coefficient (Wildman–Crippen LogP) is 1.32. The number of nitrogens with zero attached hydrogens (tertiary/aromatic N) is 1. The van der Waals surface area contributed by atoms with Gasteiger partial charge in [-0.3, -0.25) is 19.2 Å². The lowest BCUT2D eigenvalue weighted by Gasteiger charge is -2.31. The maximum atomic E-state index is 12.6. The molecule has 1 fully saturated rings. The maximum absolute atomic E-state index is 12.6. The van der Waals surface area contributed by atoms with Crippen molar-refractivity contribution < 1.29 is 23.9 Å². The number of piperidine rings is 1. The molecule has 3 amide bonds. The van der Waals surface area contributed by atoms with Crippen LogP contribution in [0, 0.1) is 5.92 Å². The van der Waals surface area contributed by atoms with Crippen molar-refractivity contribution in [3.63, 3.8) is 0 Å². The van der Waals surface area contributed by atoms with Crippen molar-refractivity contribution in [1.29, 1.82) is 0 Å². The molecular weight excluding hydrogens is 362 g/mol. The summed E-state index contributed by atoms with van der Waals surface area (Å²) in [4.78, 5) is 50.9. The molecule has 1 saturated heterocycles. The van der Waals surface area contributed by atoms with Crippen molar-refractivity contribution in [3.05, 3.63) is 29.8 Å². The van der Waals surface area contributed by atoms with Crippen LogP contribution in [0.1, 0.15) is 43.0 Å². The summed E-state index contributed by atoms with van der Waals surface area (Å²) in [5.74, 6) is -1.38. The average molecular weight is 387 g/mol. The van der Waals surface area contributed by atoms with Gasteiger partial charge in [0.1, 0.15) is 6.04 Å². The highest BCUT2D eigenvalue weighted by Gasteiger charge is 2.31. The molecule has 2 heterocycles. The molecule has 3 rings (SSSR count). The molecule has 1 aromatic rings. The largest absolute Gasteiger partial charge is 0.466 e. The van der Waals surface area contributed by atoms with Crippen molar-refractivity contribution in [2.45, 2.75) is 38.6 Å². The Hall–Kier alpha value is -2.90. The first kappa shape index (κ1) is 19.9. The number of esters is 1. The van der Waals surface area contributed by atoms with Crippen LogP contribution in [0.3, 0.4) is 0 Å². The normalized spacial score (nSPS) is 21.8. The SMILES string of the molecule is CCOC(=O)C1CCCN(C(=O)CCC2NC(=O)c3ccccc3NC2=O)C1. The second-order valence-electron chi connectivity index (χ2n) is 7.03. The number of hydrogen-bond donors (Lipinski definition) is 2. The van der Waals surface area contributed by atoms with Gasteiger partial charge in [0.15, 0.2) is 0 Å². The summed E-state index contributed by atoms with van der Waals surface area (Å²) in [5, 5.41) is 5.42. The Labute approximate surface area is 163 Å². The van der Waals surface area contributed by atoms with Gasteiger partial charge in [0.05, 0.1) is 23.8 Å². The van der Waals surface area contributed by atoms with Crippen molar-refractivity contribution in [2.75, 3.05) is 25.0 Å². The Kier molecular flexibility index (Phi) is 6.28. The van der Waals surface area contributed by atoms with Gasteiger partial charge < -0.3 is 20.3 Å². The van der Waals surface area contributed by atoms with E-state index < -0.39 is 6.04 Å². The third-order valence-corrected chi connectivity index (χ3v) is 5.09. The van der Waals surface area contributed by atoms with E-state index in [1.807, 2.05) is 0 Å². The fourth-order valence-electron chi connectivity index (χ4n) is 3.60. The summed E-state index contributed by atoms with van der Waals surface area (Å²) in [7, 11) is 0. The van der Waals surface area contributed by atoms with Gasteiger partial charge in [-0.25, -0.2) is 0 Å². The molecule has 1 aromatic carbocycles. The van der Waals surface area contributed by atoms with Gasteiger partial charge in [0.2, 0.25) is 11.8 Å². The number of ether oxygens (including phenoxy) is 1. The highest BCUT2D eigenvalue weighted by atomic mass is 16.5. The molecule has 0 spiro atoms. The molecule has 8 nitrogen and oxygen atoms in total. The number of nitrogens with one attached hydrogen (secondary N) is 2. The topological polar surface area (TPSA) is 105 Å². The highest BCUT2D eigenvalue weighted by molar-refractivity contribution is 6.09. The van der Waals surface area contributed by atoms with Crippen molar-refractivity contribution in [3.8, 4) is 0 Å². The number of para-hydroxylation sites is 1. The van der Waals surface area contributed by atoms with Crippen LogP contribution in [0.2, 0.25) is 0 Å². The van der Waals surface area contributed by atoms with Crippen LogP contribution in [0.4, 0.5) is 5.69 Å². The molecular formula is C20H25N3O5. The number of benzene rings is 1. The lowest BCUT2D eigenvalue weighted by atomic mass is 9.97. The zero-order chi connectivity index (χ0) is 20.1. The van der Waals surface area contributed by atoms with Crippen LogP contribution in [-0.4, -0.2) is 54.3 Å². The highest BCUT2D eigenvalue weighted by Crippen LogP contribution is 2.21. The first-order valence-corrected chi connectivity index (χ1v) is 9.64. The van der Waals surface area contributed by atoms with Gasteiger partial charge in [-0.15, -0.1) is 0 Å². The van der Waals surface area contributed by atoms with Crippen LogP contribution in [0.25, 0.3) is 0 Å². The number of anilines is 1. The Bertz CT molecular complexity index is 779. The molecule has 0 aliphatic carbocycles. The van der Waals surface area contributed by atoms with Crippen molar-refractivity contribution in [2.24, 2.45) is 5.92 Å². The van der Waals surface area contributed by atoms with Gasteiger partial charge in [0, 0.05) is 19.5 Å². The monoisotopic (exact) mass is 387 g/mol. The van der Waals surface area contributed by atoms with E-state index >= 15 is 0 Å². The van der Waals surface area contributed by atoms with Gasteiger partial charge in [0.25, 0.3) is 5.91 Å². The summed E-state index contributed by atoms with van der Waals surface area (Å²) in [6, 6.07) is 6.00. The predicted molar refractivity (Wildman–Crippen MR) is 101 cm³/mol. The second-order valence-corrected chi connectivity index (χ2v) is 7.03. The molecule has 0 aromatic heterocycles. The van der Waals surface area contributed by atoms with Crippen LogP contribution in [0.15, 0.2) is 24.3 Å². The van der Waals surface area contributed by atoms with Gasteiger partial charge in [-0.05, 0) is 38.3 Å². The first-order chi connectivity index (χ1) is 13.5. The summed E-state index contributed by atoms with van der Waals surface area (Å²) in [6.07, 6.45) is 1.77. The van der Waals surface area contributed by atoms with Crippen molar-refractivity contribution >= 4 is 29.4 Å². The fourth-order valence-corrected chi connectivity index (χ4v) is 3.60. The molecule has 2 N–H and O–H groups in total. The number of carbonyl (C=O) groups excluding carboxylic acids is 4. The Morgan fingerprint density at radius 1 is 1.25 bits per heavy atom. The van der Waals surface area contributed by atoms with Gasteiger partial charge in [-0.1, -0.05) is 12.1 Å². The quantitative estimate of drug-likeness (QED) is 0.742. The summed E-state index contributed by atoms with van der Waals surface area (Å²) >= 11 is 0. The van der Waals surface area contributed by atoms with Crippen molar-refractivity contribution in [1.82, 2.24) is 10.2 Å². The van der Waals surface area contributed by atoms with Gasteiger partial charge in [-0.2, -0.15) is 0 Å². The number of rotatable bonds is 5. The van der Waals surface area contributed by atoms with Crippen LogP contribution in [0.5, 0.6) is 0 Å². The van der Waals surface area contributed by atoms with E-state index in [0.29, 0.717) is 37.4 Å². The van der Waals surface area contributed by atoms with E-state index in [4.69, 9.17) is 4.74 Å². The molecule has 2 aliphatic rings. The third-order valence-electron chi connectivity index (χ3n) is 5.09. The van der Waals surface area contributed by atoms with E-state index in [1.165, 1.54) is 0 Å². The molecule has 2 unspecified atom stereocenters. The minimum atomic E-state index is -0.783. The third kappa shape index (κ3) is 4.49. The zero-order valence-corrected chi connectivity index (χ0v) is 15.9. The minimum absolute atomic E-state index is 0.115. The number of fused-ring (bicyclic) bond motifs is 1. The fraction of sp³-hybridized carbons (Fsp3) is 0.500. The second kappa shape index (κ2) is 8.86. The molecule has 0 bridgehead atoms. The zero-order valence-electron chi connectivity index (χ0n) is 15.9. The Morgan fingerprint density at radius 2 is 2.04 bits per heavy atom. The van der Waals surface area contributed by atoms with E-state index in [0.717, 1.165) is 6.42 Å². The standard InChI is InChI=1S/C20H25N3O5/c1-2-28-20(27)13-6-5-11-23(12-13)17(24)10-9-16-19(26)21-15-8-4-3-7-14(15)18(25)22-16/h3-4,7-8,13,16H,2,5-6,9-12H2,1H3,(H,21,26)(H,22,25). The van der Waals surface area contributed by atoms with Crippen LogP contribution < -0.4 is 10.6 Å². The molecule has 2 aliphatic heterocycles. The lowest BCUT2D eigenvalue weighted by molar-refractivity contribution is -0.151. The van der Waals surface area contributed by atoms with E-state index in [-0.39, 0.29) is 42.5 Å². The molecule has 0 radical (unpaired) electrons. The summed E-state index contributed by atoms with van der Waals surface area (Å²) in [5.41, 5.74) is 0.866. The maximum Gasteiger partial charge on any atom is 0.310 e. The van der Waals surface area contributed by atoms with Gasteiger partial charge >= 0.3 is 5.97 Å². The smallest absolute Gasteiger partial charge is 0.310 e. The van der Waals surface area contributed by atoms with E-state index in [2.05, 4.69) is 10.6 Å². The van der Waals surface area contributed by atoms with Crippen LogP contribution in [-0.2, 0) is 19.1 Å². The summed E-state index contributed by atoms with van der Waals surface area (Å²) in [6.45, 7) is 3.01. The molecule has 0 saturated carbocycles. The first-order valence-electron chi connectivity index (χ1n) is 9.64. The molecule has 8 heteroatoms. The lowest BCUT2D eigenvalue weighted by Crippen LogP contribution is -2.45. The Balaban J connectivity index is 1.56. The number of likely N-dealkylation sites (tertiary alicyclic amines) is 1. The van der Waals surface area contributed by atoms with E-state index in [1.54, 1.807) is 36.1 Å². The average Bonchev–Trinajstić information content (AvgIpc) is 2.82. The summed E-state index contributed by atoms with van der Waals surface area (Å²) < 4.78 is 5.06. The van der Waals surface area contributed by atoms with E-state index in [9.17, 15) is 19.2 Å². The molecule has 28 heavy (non-hydrogen) atoms. The number of carbonyl (C=O) groups is 4. The molecule has 2 atom stereocenters. The minimum Gasteiger partial charge on any atom is -0.466 e. The number of amides is 3. The number of hydrogen-bond acceptors (Lipinski definition) is 5.